The first kappa shape index (κ1) is 68.5. The van der Waals surface area contributed by atoms with E-state index in [4.69, 9.17) is 13.8 Å². The van der Waals surface area contributed by atoms with Crippen LogP contribution in [-0.2, 0) is 27.9 Å². The fourth-order valence-corrected chi connectivity index (χ4v) is 8.79. The van der Waals surface area contributed by atoms with E-state index in [0.717, 1.165) is 77.0 Å². The normalized spacial score (nSPS) is 14.3. The standard InChI is InChI=1S/C61H111N2O7P/c1-7-10-13-16-19-22-25-27-28-29-30-31-32-33-34-36-39-42-45-48-51-54-61(65)70-59(52-49-46-43-40-37-24-21-18-15-12-9-3)58(57-69-71(66,67)68-56-55-63(4,5)6)62-60(64)53-50-47-44-41-38-35-26-23-20-17-14-11-8-2/h19,22,27-28,30-31,35,38,44,47,49,52,58-59H,7-18,20-21,23-26,29,32-34,36-37,39-43,45-46,48,50-51,53-57H2,1-6H3,(H-,62,64,66,67)/p+1/b22-19-,28-27-,31-30-,38-35-,47-44+,52-49-. The number of phosphoric acid groups is 1. The zero-order valence-corrected chi connectivity index (χ0v) is 47.8. The van der Waals surface area contributed by atoms with Crippen LogP contribution in [0.5, 0.6) is 0 Å². The molecule has 0 aliphatic rings. The molecule has 10 heteroatoms. The highest BCUT2D eigenvalue weighted by atomic mass is 31.2. The molecule has 9 nitrogen and oxygen atoms in total. The van der Waals surface area contributed by atoms with E-state index in [-0.39, 0.29) is 37.9 Å². The van der Waals surface area contributed by atoms with Crippen LogP contribution in [0.2, 0.25) is 0 Å². The third kappa shape index (κ3) is 52.1. The number of unbranched alkanes of at least 4 members (excludes halogenated alkanes) is 26. The smallest absolute Gasteiger partial charge is 0.456 e. The monoisotopic (exact) mass is 1020 g/mol. The van der Waals surface area contributed by atoms with Crippen LogP contribution in [0, 0.1) is 0 Å². The number of phosphoric ester groups is 1. The minimum Gasteiger partial charge on any atom is -0.456 e. The predicted molar refractivity (Wildman–Crippen MR) is 305 cm³/mol. The molecule has 0 aliphatic carbocycles. The van der Waals surface area contributed by atoms with Gasteiger partial charge >= 0.3 is 13.8 Å². The Kier molecular flexibility index (Phi) is 49.1. The second-order valence-corrected chi connectivity index (χ2v) is 22.3. The van der Waals surface area contributed by atoms with Gasteiger partial charge in [0.15, 0.2) is 0 Å². The summed E-state index contributed by atoms with van der Waals surface area (Å²) in [6.45, 7) is 6.91. The van der Waals surface area contributed by atoms with Gasteiger partial charge in [0.2, 0.25) is 5.91 Å². The molecule has 0 radical (unpaired) electrons. The Labute approximate surface area is 438 Å². The van der Waals surface area contributed by atoms with Crippen molar-refractivity contribution in [2.45, 2.75) is 264 Å². The van der Waals surface area contributed by atoms with Gasteiger partial charge in [-0.2, -0.15) is 0 Å². The minimum atomic E-state index is -4.46. The summed E-state index contributed by atoms with van der Waals surface area (Å²) in [5.41, 5.74) is 0. The van der Waals surface area contributed by atoms with Gasteiger partial charge in [-0.3, -0.25) is 18.6 Å². The molecule has 0 spiro atoms. The number of likely N-dealkylation sites (N-methyl/N-ethyl adjacent to an activating group) is 1. The molecule has 3 unspecified atom stereocenters. The fourth-order valence-electron chi connectivity index (χ4n) is 8.05. The van der Waals surface area contributed by atoms with Crippen molar-refractivity contribution >= 4 is 19.7 Å². The lowest BCUT2D eigenvalue weighted by Crippen LogP contribution is -2.47. The van der Waals surface area contributed by atoms with E-state index in [1.165, 1.54) is 135 Å². The maximum Gasteiger partial charge on any atom is 0.472 e. The molecule has 0 saturated carbocycles. The van der Waals surface area contributed by atoms with Gasteiger partial charge in [-0.1, -0.05) is 222 Å². The summed E-state index contributed by atoms with van der Waals surface area (Å²) < 4.78 is 30.5. The van der Waals surface area contributed by atoms with Crippen LogP contribution in [0.3, 0.4) is 0 Å². The molecule has 3 atom stereocenters. The molecule has 2 N–H and O–H groups in total. The van der Waals surface area contributed by atoms with Crippen LogP contribution in [0.15, 0.2) is 72.9 Å². The maximum absolute atomic E-state index is 13.4. The Balaban J connectivity index is 5.31. The summed E-state index contributed by atoms with van der Waals surface area (Å²) in [7, 11) is 1.45. The largest absolute Gasteiger partial charge is 0.472 e. The van der Waals surface area contributed by atoms with Crippen molar-refractivity contribution in [2.75, 3.05) is 40.9 Å². The molecule has 0 saturated heterocycles. The van der Waals surface area contributed by atoms with E-state index < -0.39 is 20.0 Å². The Morgan fingerprint density at radius 2 is 0.873 bits per heavy atom. The lowest BCUT2D eigenvalue weighted by molar-refractivity contribution is -0.870. The molecule has 1 amide bonds. The third-order valence-corrected chi connectivity index (χ3v) is 13.6. The van der Waals surface area contributed by atoms with Crippen molar-refractivity contribution in [3.05, 3.63) is 72.9 Å². The minimum absolute atomic E-state index is 0.0276. The number of amides is 1. The number of carbonyl (C=O) groups excluding carboxylic acids is 2. The fraction of sp³-hybridized carbons (Fsp3) is 0.770. The number of hydrogen-bond donors (Lipinski definition) is 2. The molecule has 71 heavy (non-hydrogen) atoms. The molecule has 0 heterocycles. The van der Waals surface area contributed by atoms with E-state index in [0.29, 0.717) is 17.4 Å². The van der Waals surface area contributed by atoms with Gasteiger partial charge in [-0.05, 0) is 89.5 Å². The van der Waals surface area contributed by atoms with Gasteiger partial charge in [0, 0.05) is 12.8 Å². The molecule has 0 aliphatic heterocycles. The first-order valence-corrected chi connectivity index (χ1v) is 30.8. The van der Waals surface area contributed by atoms with Crippen molar-refractivity contribution in [1.82, 2.24) is 5.32 Å². The topological polar surface area (TPSA) is 111 Å². The number of ether oxygens (including phenoxy) is 1. The van der Waals surface area contributed by atoms with Gasteiger partial charge in [-0.15, -0.1) is 0 Å². The Hall–Kier alpha value is -2.55. The summed E-state index contributed by atoms with van der Waals surface area (Å²) in [6.07, 6.45) is 64.9. The van der Waals surface area contributed by atoms with Crippen LogP contribution in [0.25, 0.3) is 0 Å². The van der Waals surface area contributed by atoms with Crippen molar-refractivity contribution < 1.29 is 37.3 Å². The Bertz CT molecular complexity index is 1450. The number of nitrogens with zero attached hydrogens (tertiary/aromatic N) is 1. The lowest BCUT2D eigenvalue weighted by Gasteiger charge is -2.27. The van der Waals surface area contributed by atoms with E-state index >= 15 is 0 Å². The number of nitrogens with one attached hydrogen (secondary N) is 1. The molecule has 0 aromatic rings. The Morgan fingerprint density at radius 3 is 1.34 bits per heavy atom. The molecular formula is C61H112N2O7P+. The maximum atomic E-state index is 13.4. The molecule has 0 fully saturated rings. The van der Waals surface area contributed by atoms with E-state index in [9.17, 15) is 19.0 Å². The van der Waals surface area contributed by atoms with Crippen LogP contribution in [-0.4, -0.2) is 74.3 Å². The van der Waals surface area contributed by atoms with Crippen molar-refractivity contribution in [3.8, 4) is 0 Å². The Morgan fingerprint density at radius 1 is 0.493 bits per heavy atom. The highest BCUT2D eigenvalue weighted by molar-refractivity contribution is 7.47. The third-order valence-electron chi connectivity index (χ3n) is 12.6. The first-order valence-electron chi connectivity index (χ1n) is 29.3. The van der Waals surface area contributed by atoms with Crippen LogP contribution >= 0.6 is 7.82 Å². The summed E-state index contributed by atoms with van der Waals surface area (Å²) in [4.78, 5) is 37.5. The van der Waals surface area contributed by atoms with Crippen molar-refractivity contribution in [2.24, 2.45) is 0 Å². The van der Waals surface area contributed by atoms with E-state index in [1.807, 2.05) is 39.4 Å². The van der Waals surface area contributed by atoms with Gasteiger partial charge in [0.05, 0.1) is 33.8 Å². The predicted octanol–water partition coefficient (Wildman–Crippen LogP) is 17.7. The first-order chi connectivity index (χ1) is 34.4. The zero-order chi connectivity index (χ0) is 52.2. The SMILES string of the molecule is CCCCC/C=C\C/C=C\C/C=C\CCCCCCCCCCC(=O)OC(/C=C\CCCCCCCCCCC)C(COP(=O)(O)OCC[N+](C)(C)C)NC(=O)CC/C=C/C/C=C\CCCCCCCC. The van der Waals surface area contributed by atoms with E-state index in [2.05, 4.69) is 80.8 Å². The lowest BCUT2D eigenvalue weighted by atomic mass is 10.1. The van der Waals surface area contributed by atoms with Gasteiger partial charge in [-0.25, -0.2) is 4.57 Å². The van der Waals surface area contributed by atoms with Crippen molar-refractivity contribution in [1.29, 1.82) is 0 Å². The van der Waals surface area contributed by atoms with Gasteiger partial charge < -0.3 is 19.4 Å². The average Bonchev–Trinajstić information content (AvgIpc) is 3.33. The molecular weight excluding hydrogens is 904 g/mol. The molecule has 0 aromatic heterocycles. The van der Waals surface area contributed by atoms with Gasteiger partial charge in [0.25, 0.3) is 0 Å². The quantitative estimate of drug-likeness (QED) is 0.0205. The summed E-state index contributed by atoms with van der Waals surface area (Å²) in [5.74, 6) is -0.593. The number of hydrogen-bond acceptors (Lipinski definition) is 6. The number of quaternary nitrogens is 1. The molecule has 0 bridgehead atoms. The number of carbonyl (C=O) groups is 2. The number of esters is 1. The van der Waals surface area contributed by atoms with Crippen LogP contribution in [0.1, 0.15) is 252 Å². The van der Waals surface area contributed by atoms with Crippen molar-refractivity contribution in [3.63, 3.8) is 0 Å². The number of rotatable bonds is 52. The molecule has 0 aromatic carbocycles. The van der Waals surface area contributed by atoms with Crippen LogP contribution < -0.4 is 5.32 Å². The number of allylic oxidation sites excluding steroid dienone is 11. The summed E-state index contributed by atoms with van der Waals surface area (Å²) >= 11 is 0. The second-order valence-electron chi connectivity index (χ2n) is 20.8. The summed E-state index contributed by atoms with van der Waals surface area (Å²) in [5, 5.41) is 3.00. The average molecular weight is 1020 g/mol. The molecule has 0 rings (SSSR count). The highest BCUT2D eigenvalue weighted by Crippen LogP contribution is 2.43. The molecule has 412 valence electrons. The van der Waals surface area contributed by atoms with Gasteiger partial charge in [0.1, 0.15) is 19.3 Å². The summed E-state index contributed by atoms with van der Waals surface area (Å²) in [6, 6.07) is -0.883. The zero-order valence-electron chi connectivity index (χ0n) is 47.0. The van der Waals surface area contributed by atoms with Crippen LogP contribution in [0.4, 0.5) is 0 Å². The van der Waals surface area contributed by atoms with E-state index in [1.54, 1.807) is 0 Å². The second kappa shape index (κ2) is 51.0. The highest BCUT2D eigenvalue weighted by Gasteiger charge is 2.30.